The fourth-order valence-corrected chi connectivity index (χ4v) is 5.37. The van der Waals surface area contributed by atoms with Gasteiger partial charge in [-0.3, -0.25) is 4.90 Å². The number of ether oxygens (including phenoxy) is 1. The molecule has 0 aromatic carbocycles. The molecule has 3 heterocycles. The maximum Gasteiger partial charge on any atom is 0.332 e. The van der Waals surface area contributed by atoms with E-state index in [9.17, 15) is 4.79 Å². The summed E-state index contributed by atoms with van der Waals surface area (Å²) in [6, 6.07) is 4.92. The molecular formula is C25H27N3O2. The van der Waals surface area contributed by atoms with Gasteiger partial charge in [0.2, 0.25) is 0 Å². The van der Waals surface area contributed by atoms with Gasteiger partial charge in [-0.15, -0.1) is 0 Å². The molecule has 5 heteroatoms. The summed E-state index contributed by atoms with van der Waals surface area (Å²) in [5.74, 6) is 6.22. The highest BCUT2D eigenvalue weighted by molar-refractivity contribution is 5.89. The van der Waals surface area contributed by atoms with Gasteiger partial charge in [-0.1, -0.05) is 24.3 Å². The van der Waals surface area contributed by atoms with Crippen LogP contribution in [0.25, 0.3) is 0 Å². The topological polar surface area (TPSA) is 77.1 Å². The van der Waals surface area contributed by atoms with Crippen molar-refractivity contribution in [2.45, 2.75) is 81.9 Å². The normalized spacial score (nSPS) is 29.4. The zero-order valence-corrected chi connectivity index (χ0v) is 17.3. The van der Waals surface area contributed by atoms with E-state index in [1.54, 1.807) is 6.08 Å². The van der Waals surface area contributed by atoms with E-state index in [1.807, 2.05) is 0 Å². The summed E-state index contributed by atoms with van der Waals surface area (Å²) in [6.45, 7) is 1.06. The first kappa shape index (κ1) is 20.5. The van der Waals surface area contributed by atoms with Gasteiger partial charge in [0.15, 0.2) is 5.60 Å². The molecule has 3 aliphatic heterocycles. The minimum absolute atomic E-state index is 0.231. The van der Waals surface area contributed by atoms with Crippen molar-refractivity contribution in [2.75, 3.05) is 6.54 Å². The second-order valence-corrected chi connectivity index (χ2v) is 8.51. The van der Waals surface area contributed by atoms with Gasteiger partial charge in [0.1, 0.15) is 0 Å². The summed E-state index contributed by atoms with van der Waals surface area (Å²) in [7, 11) is 0. The van der Waals surface area contributed by atoms with Gasteiger partial charge in [0.05, 0.1) is 18.2 Å². The van der Waals surface area contributed by atoms with Crippen molar-refractivity contribution in [3.63, 3.8) is 0 Å². The zero-order valence-electron chi connectivity index (χ0n) is 17.3. The molecule has 0 aromatic rings. The second kappa shape index (κ2) is 8.91. The van der Waals surface area contributed by atoms with Crippen molar-refractivity contribution in [1.29, 1.82) is 10.5 Å². The lowest BCUT2D eigenvalue weighted by atomic mass is 9.76. The Morgan fingerprint density at radius 1 is 1.23 bits per heavy atom. The molecule has 1 spiro atoms. The number of allylic oxidation sites excluding steroid dienone is 2. The minimum atomic E-state index is -0.499. The lowest BCUT2D eigenvalue weighted by molar-refractivity contribution is -0.148. The number of hydrogen-bond donors (Lipinski definition) is 0. The lowest BCUT2D eigenvalue weighted by Crippen LogP contribution is -2.48. The van der Waals surface area contributed by atoms with Crippen LogP contribution in [0.2, 0.25) is 0 Å². The molecule has 2 bridgehead atoms. The maximum absolute atomic E-state index is 12.3. The van der Waals surface area contributed by atoms with Crippen molar-refractivity contribution in [3.8, 4) is 24.0 Å². The molecule has 2 fully saturated rings. The first-order chi connectivity index (χ1) is 14.7. The van der Waals surface area contributed by atoms with Crippen molar-refractivity contribution in [1.82, 2.24) is 4.90 Å². The molecule has 2 saturated heterocycles. The second-order valence-electron chi connectivity index (χ2n) is 8.51. The third kappa shape index (κ3) is 3.81. The summed E-state index contributed by atoms with van der Waals surface area (Å²) in [5, 5.41) is 17.6. The van der Waals surface area contributed by atoms with Crippen LogP contribution in [-0.2, 0) is 9.53 Å². The molecule has 0 amide bonds. The fourth-order valence-electron chi connectivity index (χ4n) is 5.37. The average Bonchev–Trinajstić information content (AvgIpc) is 3.23. The molecule has 1 aliphatic carbocycles. The number of esters is 1. The van der Waals surface area contributed by atoms with Gasteiger partial charge in [-0.25, -0.2) is 4.79 Å². The molecule has 154 valence electrons. The van der Waals surface area contributed by atoms with Crippen LogP contribution in [0.1, 0.15) is 64.2 Å². The minimum Gasteiger partial charge on any atom is -0.449 e. The number of unbranched alkanes of at least 4 members (excludes halogenated alkanes) is 3. The van der Waals surface area contributed by atoms with Crippen molar-refractivity contribution >= 4 is 5.97 Å². The van der Waals surface area contributed by atoms with E-state index in [0.717, 1.165) is 55.4 Å². The third-order valence-corrected chi connectivity index (χ3v) is 6.61. The molecule has 0 aromatic heterocycles. The number of rotatable bonds is 6. The highest BCUT2D eigenvalue weighted by Gasteiger charge is 2.61. The van der Waals surface area contributed by atoms with Crippen molar-refractivity contribution in [2.24, 2.45) is 0 Å². The summed E-state index contributed by atoms with van der Waals surface area (Å²) < 4.78 is 6.00. The summed E-state index contributed by atoms with van der Waals surface area (Å²) in [4.78, 5) is 14.9. The molecule has 30 heavy (non-hydrogen) atoms. The maximum atomic E-state index is 12.3. The smallest absolute Gasteiger partial charge is 0.332 e. The SMILES string of the molecule is N#CCCCC#C/C(=C\C1=C[C@@H]2C[C@@]3(OC(=O)C=C13)[C@H]1CCCCN21)CCCC#N. The molecule has 0 N–H and O–H groups in total. The highest BCUT2D eigenvalue weighted by atomic mass is 16.6. The Labute approximate surface area is 178 Å². The Hall–Kier alpha value is -2.81. The van der Waals surface area contributed by atoms with Crippen LogP contribution in [0.5, 0.6) is 0 Å². The summed E-state index contributed by atoms with van der Waals surface area (Å²) in [5.41, 5.74) is 2.57. The van der Waals surface area contributed by atoms with E-state index < -0.39 is 5.60 Å². The van der Waals surface area contributed by atoms with Crippen LogP contribution in [0.4, 0.5) is 0 Å². The van der Waals surface area contributed by atoms with Crippen molar-refractivity contribution in [3.05, 3.63) is 34.9 Å². The molecular weight excluding hydrogens is 374 g/mol. The highest BCUT2D eigenvalue weighted by Crippen LogP contribution is 2.53. The Bertz CT molecular complexity index is 950. The van der Waals surface area contributed by atoms with Crippen LogP contribution in [0.3, 0.4) is 0 Å². The molecule has 4 aliphatic rings. The molecule has 0 saturated carbocycles. The number of hydrogen-bond acceptors (Lipinski definition) is 5. The van der Waals surface area contributed by atoms with Gasteiger partial charge >= 0.3 is 5.97 Å². The molecule has 4 rings (SSSR count). The van der Waals surface area contributed by atoms with Gasteiger partial charge in [0, 0.05) is 48.9 Å². The van der Waals surface area contributed by atoms with Crippen LogP contribution in [0.15, 0.2) is 34.9 Å². The van der Waals surface area contributed by atoms with E-state index in [4.69, 9.17) is 15.3 Å². The van der Waals surface area contributed by atoms with Crippen LogP contribution in [0, 0.1) is 34.5 Å². The number of carbonyl (C=O) groups is 1. The molecule has 5 nitrogen and oxygen atoms in total. The Morgan fingerprint density at radius 3 is 2.90 bits per heavy atom. The standard InChI is InChI=1S/C25H27N3O2/c26-12-6-2-1-3-9-19(10-4-7-13-27)15-20-16-21-18-25(22(20)17-24(29)30-25)23-11-5-8-14-28(21)23/h15-17,21,23H,1-2,4-8,10-11,14,18H2/b19-15+/t21-,23-,25+/m1/s1. The third-order valence-electron chi connectivity index (χ3n) is 6.61. The Balaban J connectivity index is 1.63. The van der Waals surface area contributed by atoms with Gasteiger partial charge < -0.3 is 4.74 Å². The molecule has 0 radical (unpaired) electrons. The number of nitriles is 2. The van der Waals surface area contributed by atoms with E-state index in [1.165, 1.54) is 12.8 Å². The quantitative estimate of drug-likeness (QED) is 0.381. The van der Waals surface area contributed by atoms with E-state index in [-0.39, 0.29) is 12.0 Å². The predicted molar refractivity (Wildman–Crippen MR) is 113 cm³/mol. The summed E-state index contributed by atoms with van der Waals surface area (Å²) >= 11 is 0. The number of carbonyl (C=O) groups excluding carboxylic acids is 1. The monoisotopic (exact) mass is 401 g/mol. The lowest BCUT2D eigenvalue weighted by Gasteiger charge is -2.38. The van der Waals surface area contributed by atoms with E-state index in [2.05, 4.69) is 41.0 Å². The number of piperidine rings is 1. The van der Waals surface area contributed by atoms with Gasteiger partial charge in [-0.2, -0.15) is 10.5 Å². The average molecular weight is 402 g/mol. The van der Waals surface area contributed by atoms with E-state index >= 15 is 0 Å². The first-order valence-electron chi connectivity index (χ1n) is 11.0. The number of fused-ring (bicyclic) bond motifs is 3. The van der Waals surface area contributed by atoms with Crippen molar-refractivity contribution < 1.29 is 9.53 Å². The van der Waals surface area contributed by atoms with Gasteiger partial charge in [0.25, 0.3) is 0 Å². The van der Waals surface area contributed by atoms with Crippen LogP contribution < -0.4 is 0 Å². The zero-order chi connectivity index (χ0) is 21.0. The Kier molecular flexibility index (Phi) is 6.08. The van der Waals surface area contributed by atoms with Crippen LogP contribution >= 0.6 is 0 Å². The van der Waals surface area contributed by atoms with E-state index in [0.29, 0.717) is 25.3 Å². The fraction of sp³-hybridized carbons (Fsp3) is 0.560. The molecule has 0 unspecified atom stereocenters. The van der Waals surface area contributed by atoms with Gasteiger partial charge in [-0.05, 0) is 50.3 Å². The summed E-state index contributed by atoms with van der Waals surface area (Å²) in [6.07, 6.45) is 14.4. The predicted octanol–water partition coefficient (Wildman–Crippen LogP) is 4.09. The Morgan fingerprint density at radius 2 is 2.07 bits per heavy atom. The molecule has 3 atom stereocenters. The first-order valence-corrected chi connectivity index (χ1v) is 11.0. The largest absolute Gasteiger partial charge is 0.449 e. The van der Waals surface area contributed by atoms with Crippen LogP contribution in [-0.4, -0.2) is 35.1 Å². The number of nitrogens with zero attached hydrogens (tertiary/aromatic N) is 3.